The molecule has 0 saturated carbocycles. The Balaban J connectivity index is 1.94. The molecule has 1 N–H and O–H groups in total. The average Bonchev–Trinajstić information content (AvgIpc) is 2.76. The van der Waals surface area contributed by atoms with Crippen LogP contribution in [0, 0.1) is 6.92 Å². The van der Waals surface area contributed by atoms with Crippen molar-refractivity contribution in [3.63, 3.8) is 0 Å². The number of rotatable bonds is 5. The number of nitrogens with zero attached hydrogens (tertiary/aromatic N) is 1. The van der Waals surface area contributed by atoms with E-state index in [2.05, 4.69) is 30.1 Å². The summed E-state index contributed by atoms with van der Waals surface area (Å²) >= 11 is 1.76. The highest BCUT2D eigenvalue weighted by Gasteiger charge is 2.34. The zero-order chi connectivity index (χ0) is 15.5. The molecule has 0 fully saturated rings. The lowest BCUT2D eigenvalue weighted by Crippen LogP contribution is -2.31. The van der Waals surface area contributed by atoms with Crippen molar-refractivity contribution in [3.05, 3.63) is 33.0 Å². The molecule has 21 heavy (non-hydrogen) atoms. The summed E-state index contributed by atoms with van der Waals surface area (Å²) < 4.78 is 37.8. The summed E-state index contributed by atoms with van der Waals surface area (Å²) in [6, 6.07) is 2.17. The third-order valence-corrected chi connectivity index (χ3v) is 4.76. The second kappa shape index (κ2) is 6.94. The van der Waals surface area contributed by atoms with Crippen LogP contribution in [0.4, 0.5) is 13.2 Å². The predicted molar refractivity (Wildman–Crippen MR) is 80.5 cm³/mol. The van der Waals surface area contributed by atoms with Gasteiger partial charge in [0.1, 0.15) is 0 Å². The quantitative estimate of drug-likeness (QED) is 0.829. The van der Waals surface area contributed by atoms with Gasteiger partial charge in [-0.3, -0.25) is 4.90 Å². The summed E-state index contributed by atoms with van der Waals surface area (Å²) in [5.74, 6) is 0. The largest absolute Gasteiger partial charge is 0.412 e. The van der Waals surface area contributed by atoms with E-state index in [1.54, 1.807) is 11.3 Å². The van der Waals surface area contributed by atoms with E-state index in [1.165, 1.54) is 21.4 Å². The van der Waals surface area contributed by atoms with Crippen LogP contribution in [0.5, 0.6) is 0 Å². The number of hydrogen-bond donors (Lipinski definition) is 1. The van der Waals surface area contributed by atoms with Gasteiger partial charge in [0.05, 0.1) is 0 Å². The fourth-order valence-electron chi connectivity index (χ4n) is 2.43. The van der Waals surface area contributed by atoms with Crippen molar-refractivity contribution >= 4 is 11.3 Å². The Labute approximate surface area is 127 Å². The van der Waals surface area contributed by atoms with Crippen LogP contribution in [0.2, 0.25) is 0 Å². The van der Waals surface area contributed by atoms with Gasteiger partial charge in [-0.1, -0.05) is 13.0 Å². The topological polar surface area (TPSA) is 15.3 Å². The SMILES string of the molecule is CCNCc1cc(CN2CC=C(C(F)(F)F)CC2)c(C)s1. The molecule has 6 heteroatoms. The van der Waals surface area contributed by atoms with E-state index in [0.717, 1.165) is 19.6 Å². The molecule has 2 heterocycles. The molecule has 1 aromatic heterocycles. The van der Waals surface area contributed by atoms with E-state index in [4.69, 9.17) is 0 Å². The Bertz CT molecular complexity index is 506. The Morgan fingerprint density at radius 1 is 1.38 bits per heavy atom. The first-order valence-electron chi connectivity index (χ1n) is 7.17. The van der Waals surface area contributed by atoms with Crippen molar-refractivity contribution in [2.45, 2.75) is 39.5 Å². The molecule has 0 spiro atoms. The molecule has 1 aliphatic heterocycles. The summed E-state index contributed by atoms with van der Waals surface area (Å²) in [6.45, 7) is 7.53. The smallest absolute Gasteiger partial charge is 0.312 e. The van der Waals surface area contributed by atoms with Crippen LogP contribution in [0.3, 0.4) is 0 Å². The van der Waals surface area contributed by atoms with Gasteiger partial charge in [-0.2, -0.15) is 13.2 Å². The molecule has 0 unspecified atom stereocenters. The van der Waals surface area contributed by atoms with Gasteiger partial charge in [-0.15, -0.1) is 11.3 Å². The van der Waals surface area contributed by atoms with Gasteiger partial charge >= 0.3 is 6.18 Å². The van der Waals surface area contributed by atoms with Crippen molar-refractivity contribution in [1.82, 2.24) is 10.2 Å². The van der Waals surface area contributed by atoms with Gasteiger partial charge in [0.15, 0.2) is 0 Å². The maximum Gasteiger partial charge on any atom is 0.412 e. The fourth-order valence-corrected chi connectivity index (χ4v) is 3.46. The molecule has 2 nitrogen and oxygen atoms in total. The second-order valence-electron chi connectivity index (χ2n) is 5.29. The maximum absolute atomic E-state index is 12.6. The zero-order valence-electron chi connectivity index (χ0n) is 12.4. The lowest BCUT2D eigenvalue weighted by Gasteiger charge is -2.27. The van der Waals surface area contributed by atoms with Crippen molar-refractivity contribution in [3.8, 4) is 0 Å². The molecule has 0 bridgehead atoms. The predicted octanol–water partition coefficient (Wildman–Crippen LogP) is 3.86. The van der Waals surface area contributed by atoms with Gasteiger partial charge in [0.25, 0.3) is 0 Å². The first-order chi connectivity index (χ1) is 9.90. The van der Waals surface area contributed by atoms with Crippen molar-refractivity contribution < 1.29 is 13.2 Å². The molecular weight excluding hydrogens is 297 g/mol. The summed E-state index contributed by atoms with van der Waals surface area (Å²) in [4.78, 5) is 4.61. The van der Waals surface area contributed by atoms with Gasteiger partial charge in [0.2, 0.25) is 0 Å². The Hall–Kier alpha value is -0.850. The molecule has 0 saturated heterocycles. The fraction of sp³-hybridized carbons (Fsp3) is 0.600. The molecule has 0 atom stereocenters. The molecule has 1 aliphatic rings. The van der Waals surface area contributed by atoms with Crippen molar-refractivity contribution in [2.24, 2.45) is 0 Å². The standard InChI is InChI=1S/C15H21F3N2S/c1-3-19-9-14-8-12(11(2)21-14)10-20-6-4-13(5-7-20)15(16,17)18/h4,8,19H,3,5-7,9-10H2,1-2H3. The van der Waals surface area contributed by atoms with Crippen molar-refractivity contribution in [1.29, 1.82) is 0 Å². The minimum atomic E-state index is -4.16. The molecule has 2 rings (SSSR count). The summed E-state index contributed by atoms with van der Waals surface area (Å²) in [6.07, 6.45) is -2.74. The Morgan fingerprint density at radius 3 is 2.71 bits per heavy atom. The highest BCUT2D eigenvalue weighted by Crippen LogP contribution is 2.31. The third kappa shape index (κ3) is 4.56. The number of hydrogen-bond acceptors (Lipinski definition) is 3. The Morgan fingerprint density at radius 2 is 2.14 bits per heavy atom. The van der Waals surface area contributed by atoms with Crippen LogP contribution >= 0.6 is 11.3 Å². The minimum absolute atomic E-state index is 0.0942. The number of nitrogens with one attached hydrogen (secondary N) is 1. The van der Waals surface area contributed by atoms with E-state index < -0.39 is 6.18 Å². The molecule has 118 valence electrons. The molecular formula is C15H21F3N2S. The van der Waals surface area contributed by atoms with E-state index in [1.807, 2.05) is 0 Å². The number of alkyl halides is 3. The number of aryl methyl sites for hydroxylation is 1. The summed E-state index contributed by atoms with van der Waals surface area (Å²) in [5, 5.41) is 3.29. The number of halogens is 3. The van der Waals surface area contributed by atoms with E-state index >= 15 is 0 Å². The first-order valence-corrected chi connectivity index (χ1v) is 7.99. The molecule has 1 aromatic rings. The summed E-state index contributed by atoms with van der Waals surface area (Å²) in [7, 11) is 0. The average molecular weight is 318 g/mol. The van der Waals surface area contributed by atoms with E-state index in [-0.39, 0.29) is 12.0 Å². The maximum atomic E-state index is 12.6. The normalized spacial score (nSPS) is 17.1. The van der Waals surface area contributed by atoms with Crippen LogP contribution in [0.1, 0.15) is 28.7 Å². The van der Waals surface area contributed by atoms with Crippen LogP contribution in [-0.2, 0) is 13.1 Å². The number of thiophene rings is 1. The Kier molecular flexibility index (Phi) is 5.46. The first kappa shape index (κ1) is 16.5. The highest BCUT2D eigenvalue weighted by atomic mass is 32.1. The van der Waals surface area contributed by atoms with Crippen LogP contribution in [0.25, 0.3) is 0 Å². The van der Waals surface area contributed by atoms with Gasteiger partial charge in [-0.25, -0.2) is 0 Å². The van der Waals surface area contributed by atoms with Crippen molar-refractivity contribution in [2.75, 3.05) is 19.6 Å². The van der Waals surface area contributed by atoms with Gasteiger partial charge in [-0.05, 0) is 31.5 Å². The molecule has 0 aromatic carbocycles. The molecule has 0 aliphatic carbocycles. The van der Waals surface area contributed by atoms with Crippen LogP contribution in [0.15, 0.2) is 17.7 Å². The monoisotopic (exact) mass is 318 g/mol. The highest BCUT2D eigenvalue weighted by molar-refractivity contribution is 7.12. The van der Waals surface area contributed by atoms with E-state index in [0.29, 0.717) is 13.1 Å². The lowest BCUT2D eigenvalue weighted by atomic mass is 10.1. The van der Waals surface area contributed by atoms with E-state index in [9.17, 15) is 13.2 Å². The lowest BCUT2D eigenvalue weighted by molar-refractivity contribution is -0.0960. The van der Waals surface area contributed by atoms with Gasteiger partial charge < -0.3 is 5.32 Å². The van der Waals surface area contributed by atoms with Crippen LogP contribution in [-0.4, -0.2) is 30.7 Å². The third-order valence-electron chi connectivity index (χ3n) is 3.67. The summed E-state index contributed by atoms with van der Waals surface area (Å²) in [5.41, 5.74) is 0.852. The molecule has 0 radical (unpaired) electrons. The van der Waals surface area contributed by atoms with Gasteiger partial charge in [0, 0.05) is 41.5 Å². The molecule has 0 amide bonds. The second-order valence-corrected chi connectivity index (χ2v) is 6.63. The minimum Gasteiger partial charge on any atom is -0.312 e. The van der Waals surface area contributed by atoms with Crippen LogP contribution < -0.4 is 5.32 Å². The zero-order valence-corrected chi connectivity index (χ0v) is 13.2.